The molecular formula is C24H22N2O. The molecule has 0 fully saturated rings. The summed E-state index contributed by atoms with van der Waals surface area (Å²) in [6, 6.07) is 18.1. The topological polar surface area (TPSA) is 33.2 Å². The Balaban J connectivity index is 1.93. The molecule has 0 saturated carbocycles. The molecule has 1 aliphatic rings. The lowest BCUT2D eigenvalue weighted by molar-refractivity contribution is 0.104. The van der Waals surface area contributed by atoms with Crippen LogP contribution in [-0.2, 0) is 5.41 Å². The second-order valence-corrected chi connectivity index (χ2v) is 7.17. The summed E-state index contributed by atoms with van der Waals surface area (Å²) in [5.41, 5.74) is 3.50. The molecule has 0 radical (unpaired) electrons. The Kier molecular flexibility index (Phi) is 4.15. The molecule has 134 valence electrons. The van der Waals surface area contributed by atoms with Gasteiger partial charge in [-0.25, -0.2) is 0 Å². The molecule has 1 atom stereocenters. The Morgan fingerprint density at radius 1 is 1.15 bits per heavy atom. The van der Waals surface area contributed by atoms with Gasteiger partial charge >= 0.3 is 0 Å². The van der Waals surface area contributed by atoms with Crippen LogP contribution in [0.5, 0.6) is 0 Å². The van der Waals surface area contributed by atoms with Crippen molar-refractivity contribution in [1.29, 1.82) is 0 Å². The molecular weight excluding hydrogens is 332 g/mol. The van der Waals surface area contributed by atoms with Crippen LogP contribution in [0.1, 0.15) is 29.4 Å². The molecule has 2 heterocycles. The minimum absolute atomic E-state index is 0.0788. The van der Waals surface area contributed by atoms with Gasteiger partial charge in [0.15, 0.2) is 0 Å². The molecule has 0 bridgehead atoms. The molecule has 0 spiro atoms. The van der Waals surface area contributed by atoms with E-state index in [9.17, 15) is 4.79 Å². The number of hydrogen-bond donors (Lipinski definition) is 0. The molecule has 0 N–H and O–H groups in total. The summed E-state index contributed by atoms with van der Waals surface area (Å²) >= 11 is 0. The summed E-state index contributed by atoms with van der Waals surface area (Å²) in [6.45, 7) is 6.17. The number of aromatic nitrogens is 1. The van der Waals surface area contributed by atoms with E-state index in [2.05, 4.69) is 59.8 Å². The molecule has 2 aromatic carbocycles. The summed E-state index contributed by atoms with van der Waals surface area (Å²) in [5.74, 6) is -0.0788. The summed E-state index contributed by atoms with van der Waals surface area (Å²) < 4.78 is 0. The lowest BCUT2D eigenvalue weighted by Crippen LogP contribution is -2.27. The van der Waals surface area contributed by atoms with Crippen molar-refractivity contribution in [2.24, 2.45) is 0 Å². The molecule has 3 nitrogen and oxygen atoms in total. The fourth-order valence-electron chi connectivity index (χ4n) is 4.21. The zero-order chi connectivity index (χ0) is 19.0. The van der Waals surface area contributed by atoms with Crippen LogP contribution in [0, 0.1) is 0 Å². The summed E-state index contributed by atoms with van der Waals surface area (Å²) in [6.07, 6.45) is 6.07. The maximum Gasteiger partial charge on any atom is 0.205 e. The second-order valence-electron chi connectivity index (χ2n) is 7.17. The van der Waals surface area contributed by atoms with Gasteiger partial charge in [0.05, 0.1) is 0 Å². The highest BCUT2D eigenvalue weighted by Gasteiger charge is 2.43. The minimum atomic E-state index is -0.322. The Bertz CT molecular complexity index is 1070. The van der Waals surface area contributed by atoms with Crippen LogP contribution < -0.4 is 4.90 Å². The number of allylic oxidation sites excluding steroid dienone is 3. The monoisotopic (exact) mass is 354 g/mol. The number of anilines is 1. The van der Waals surface area contributed by atoms with Gasteiger partial charge in [-0.3, -0.25) is 9.78 Å². The van der Waals surface area contributed by atoms with Gasteiger partial charge in [-0.1, -0.05) is 42.5 Å². The smallest absolute Gasteiger partial charge is 0.205 e. The van der Waals surface area contributed by atoms with E-state index < -0.39 is 0 Å². The van der Waals surface area contributed by atoms with Gasteiger partial charge in [-0.05, 0) is 47.9 Å². The predicted molar refractivity (Wildman–Crippen MR) is 111 cm³/mol. The van der Waals surface area contributed by atoms with Crippen LogP contribution in [0.2, 0.25) is 0 Å². The summed E-state index contributed by atoms with van der Waals surface area (Å²) in [4.78, 5) is 19.2. The molecule has 1 aliphatic heterocycles. The summed E-state index contributed by atoms with van der Waals surface area (Å²) in [7, 11) is 2.03. The van der Waals surface area contributed by atoms with E-state index in [1.54, 1.807) is 18.3 Å². The third-order valence-corrected chi connectivity index (χ3v) is 5.48. The van der Waals surface area contributed by atoms with Crippen LogP contribution in [0.25, 0.3) is 10.8 Å². The normalized spacial score (nSPS) is 20.1. The van der Waals surface area contributed by atoms with E-state index >= 15 is 0 Å². The van der Waals surface area contributed by atoms with Gasteiger partial charge in [-0.2, -0.15) is 0 Å². The van der Waals surface area contributed by atoms with Crippen molar-refractivity contribution in [3.05, 3.63) is 96.5 Å². The zero-order valence-electron chi connectivity index (χ0n) is 15.6. The van der Waals surface area contributed by atoms with E-state index in [0.717, 1.165) is 17.8 Å². The SMILES string of the molecule is C=CCC1(C)/C(=C/C(=O)c2ccccn2)N(C)c2ccc3ccccc3c21. The van der Waals surface area contributed by atoms with Crippen molar-refractivity contribution in [1.82, 2.24) is 4.98 Å². The van der Waals surface area contributed by atoms with Gasteiger partial charge in [0, 0.05) is 36.1 Å². The number of carbonyl (C=O) groups is 1. The first kappa shape index (κ1) is 17.2. The van der Waals surface area contributed by atoms with Crippen molar-refractivity contribution in [2.75, 3.05) is 11.9 Å². The number of rotatable bonds is 4. The number of nitrogens with zero attached hydrogens (tertiary/aromatic N) is 2. The number of pyridine rings is 1. The van der Waals surface area contributed by atoms with E-state index in [0.29, 0.717) is 5.69 Å². The maximum atomic E-state index is 12.9. The van der Waals surface area contributed by atoms with Crippen LogP contribution in [0.15, 0.2) is 85.2 Å². The first-order chi connectivity index (χ1) is 13.1. The number of fused-ring (bicyclic) bond motifs is 3. The van der Waals surface area contributed by atoms with Crippen LogP contribution >= 0.6 is 0 Å². The average molecular weight is 354 g/mol. The molecule has 1 aromatic heterocycles. The Morgan fingerprint density at radius 3 is 2.67 bits per heavy atom. The lowest BCUT2D eigenvalue weighted by atomic mass is 9.76. The highest BCUT2D eigenvalue weighted by atomic mass is 16.1. The molecule has 1 unspecified atom stereocenters. The zero-order valence-corrected chi connectivity index (χ0v) is 15.6. The van der Waals surface area contributed by atoms with Gasteiger partial charge < -0.3 is 4.90 Å². The third kappa shape index (κ3) is 2.67. The van der Waals surface area contributed by atoms with Gasteiger partial charge in [0.25, 0.3) is 0 Å². The highest BCUT2D eigenvalue weighted by Crippen LogP contribution is 2.52. The second kappa shape index (κ2) is 6.51. The first-order valence-electron chi connectivity index (χ1n) is 9.10. The Labute approximate surface area is 159 Å². The van der Waals surface area contributed by atoms with Crippen LogP contribution in [0.3, 0.4) is 0 Å². The van der Waals surface area contributed by atoms with Crippen molar-refractivity contribution >= 4 is 22.2 Å². The molecule has 0 aliphatic carbocycles. The Morgan fingerprint density at radius 2 is 1.93 bits per heavy atom. The lowest BCUT2D eigenvalue weighted by Gasteiger charge is -2.28. The highest BCUT2D eigenvalue weighted by molar-refractivity contribution is 6.05. The van der Waals surface area contributed by atoms with Crippen molar-refractivity contribution in [3.8, 4) is 0 Å². The molecule has 3 heteroatoms. The van der Waals surface area contributed by atoms with E-state index in [1.165, 1.54) is 16.3 Å². The van der Waals surface area contributed by atoms with E-state index in [4.69, 9.17) is 0 Å². The summed E-state index contributed by atoms with van der Waals surface area (Å²) in [5, 5.41) is 2.43. The molecule has 27 heavy (non-hydrogen) atoms. The van der Waals surface area contributed by atoms with E-state index in [1.807, 2.05) is 25.3 Å². The number of benzene rings is 2. The van der Waals surface area contributed by atoms with Crippen molar-refractivity contribution in [3.63, 3.8) is 0 Å². The molecule has 4 rings (SSSR count). The quantitative estimate of drug-likeness (QED) is 0.363. The van der Waals surface area contributed by atoms with Gasteiger partial charge in [0.2, 0.25) is 5.78 Å². The minimum Gasteiger partial charge on any atom is -0.347 e. The number of hydrogen-bond acceptors (Lipinski definition) is 3. The Hall–Kier alpha value is -3.20. The van der Waals surface area contributed by atoms with Crippen LogP contribution in [0.4, 0.5) is 5.69 Å². The number of ketones is 1. The molecule has 3 aromatic rings. The maximum absolute atomic E-state index is 12.9. The molecule has 0 saturated heterocycles. The van der Waals surface area contributed by atoms with E-state index in [-0.39, 0.29) is 11.2 Å². The van der Waals surface area contributed by atoms with Crippen molar-refractivity contribution < 1.29 is 4.79 Å². The average Bonchev–Trinajstić information content (AvgIpc) is 2.91. The molecule has 0 amide bonds. The van der Waals surface area contributed by atoms with Crippen molar-refractivity contribution in [2.45, 2.75) is 18.8 Å². The van der Waals surface area contributed by atoms with Gasteiger partial charge in [-0.15, -0.1) is 6.58 Å². The number of carbonyl (C=O) groups excluding carboxylic acids is 1. The van der Waals surface area contributed by atoms with Crippen LogP contribution in [-0.4, -0.2) is 17.8 Å². The predicted octanol–water partition coefficient (Wildman–Crippen LogP) is 5.29. The fourth-order valence-corrected chi connectivity index (χ4v) is 4.21. The van der Waals surface area contributed by atoms with Gasteiger partial charge in [0.1, 0.15) is 5.69 Å². The third-order valence-electron chi connectivity index (χ3n) is 5.48. The fraction of sp³-hybridized carbons (Fsp3) is 0.167. The standard InChI is InChI=1S/C24H22N2O/c1-4-14-24(2)22(16-21(27)19-11-7-8-15-25-19)26(3)20-13-12-17-9-5-6-10-18(17)23(20)24/h4-13,15-16H,1,14H2,2-3H3/b22-16-. The largest absolute Gasteiger partial charge is 0.347 e. The first-order valence-corrected chi connectivity index (χ1v) is 9.10. The number of likely N-dealkylation sites (N-methyl/N-ethyl adjacent to an activating group) is 1.